The average Bonchev–Trinajstić information content (AvgIpc) is 2.50. The Morgan fingerprint density at radius 3 is 2.58 bits per heavy atom. The molecule has 0 fully saturated rings. The number of hydrogen-bond acceptors (Lipinski definition) is 6. The Bertz CT molecular complexity index is 829. The summed E-state index contributed by atoms with van der Waals surface area (Å²) in [4.78, 5) is 24.8. The molecular formula is C13H9F2N3O5S. The van der Waals surface area contributed by atoms with Crippen LogP contribution in [-0.2, 0) is 11.0 Å². The molecule has 0 aliphatic heterocycles. The molecule has 1 heterocycles. The van der Waals surface area contributed by atoms with E-state index in [4.69, 9.17) is 4.74 Å². The molecule has 0 radical (unpaired) electrons. The standard InChI is InChI=1S/C13H9F2N3O5S/c1-24(22)17-13(19)8-4-10(15)11(5-9(8)14)23-7-2-3-12(16-6-7)18(20)21/h2-6H,1H3,(H,17,19). The number of halogens is 2. The summed E-state index contributed by atoms with van der Waals surface area (Å²) in [6.07, 6.45) is 2.13. The summed E-state index contributed by atoms with van der Waals surface area (Å²) in [7, 11) is -1.74. The number of hydrogen-bond donors (Lipinski definition) is 1. The lowest BCUT2D eigenvalue weighted by atomic mass is 10.2. The highest BCUT2D eigenvalue weighted by Crippen LogP contribution is 2.27. The van der Waals surface area contributed by atoms with Gasteiger partial charge in [-0.2, -0.15) is 0 Å². The van der Waals surface area contributed by atoms with Crippen molar-refractivity contribution in [2.24, 2.45) is 0 Å². The molecule has 1 aromatic heterocycles. The molecule has 0 aliphatic carbocycles. The van der Waals surface area contributed by atoms with E-state index in [0.29, 0.717) is 12.1 Å². The van der Waals surface area contributed by atoms with Crippen molar-refractivity contribution in [3.8, 4) is 11.5 Å². The molecule has 0 spiro atoms. The summed E-state index contributed by atoms with van der Waals surface area (Å²) in [5.74, 6) is -4.24. The molecule has 0 bridgehead atoms. The second-order valence-corrected chi connectivity index (χ2v) is 5.47. The van der Waals surface area contributed by atoms with E-state index in [1.165, 1.54) is 0 Å². The lowest BCUT2D eigenvalue weighted by molar-refractivity contribution is -0.389. The third-order valence-electron chi connectivity index (χ3n) is 2.64. The topological polar surface area (TPSA) is 111 Å². The van der Waals surface area contributed by atoms with Crippen LogP contribution in [-0.4, -0.2) is 26.3 Å². The number of nitrogens with zero attached hydrogens (tertiary/aromatic N) is 2. The van der Waals surface area contributed by atoms with Gasteiger partial charge in [-0.3, -0.25) is 9.52 Å². The molecule has 11 heteroatoms. The van der Waals surface area contributed by atoms with Crippen molar-refractivity contribution in [3.63, 3.8) is 0 Å². The molecule has 0 aliphatic rings. The maximum atomic E-state index is 13.9. The Morgan fingerprint density at radius 2 is 2.04 bits per heavy atom. The molecule has 126 valence electrons. The van der Waals surface area contributed by atoms with Gasteiger partial charge in [0.25, 0.3) is 5.91 Å². The Hall–Kier alpha value is -2.95. The van der Waals surface area contributed by atoms with E-state index in [2.05, 4.69) is 4.98 Å². The summed E-state index contributed by atoms with van der Waals surface area (Å²) < 4.78 is 45.7. The first-order chi connectivity index (χ1) is 11.3. The SMILES string of the molecule is CS(=O)NC(=O)c1cc(F)c(Oc2ccc([N+](=O)[O-])nc2)cc1F. The van der Waals surface area contributed by atoms with Gasteiger partial charge in [0.15, 0.2) is 23.5 Å². The van der Waals surface area contributed by atoms with E-state index in [1.807, 2.05) is 4.72 Å². The molecule has 2 rings (SSSR count). The maximum absolute atomic E-state index is 13.9. The predicted molar refractivity (Wildman–Crippen MR) is 78.9 cm³/mol. The molecule has 1 N–H and O–H groups in total. The van der Waals surface area contributed by atoms with Crippen LogP contribution in [0.25, 0.3) is 0 Å². The van der Waals surface area contributed by atoms with Crippen molar-refractivity contribution in [1.82, 2.24) is 9.71 Å². The molecular weight excluding hydrogens is 348 g/mol. The summed E-state index contributed by atoms with van der Waals surface area (Å²) in [5, 5.41) is 10.5. The zero-order valence-electron chi connectivity index (χ0n) is 12.0. The zero-order valence-corrected chi connectivity index (χ0v) is 12.8. The second kappa shape index (κ2) is 7.08. The molecule has 1 atom stereocenters. The van der Waals surface area contributed by atoms with Gasteiger partial charge in [-0.15, -0.1) is 0 Å². The molecule has 8 nitrogen and oxygen atoms in total. The van der Waals surface area contributed by atoms with E-state index in [9.17, 15) is 27.9 Å². The Morgan fingerprint density at radius 1 is 1.33 bits per heavy atom. The van der Waals surface area contributed by atoms with Crippen LogP contribution in [0.1, 0.15) is 10.4 Å². The number of amides is 1. The lowest BCUT2D eigenvalue weighted by Gasteiger charge is -2.08. The first-order valence-electron chi connectivity index (χ1n) is 6.19. The number of carbonyl (C=O) groups is 1. The number of nitro groups is 1. The van der Waals surface area contributed by atoms with E-state index in [1.54, 1.807) is 0 Å². The molecule has 1 aromatic carbocycles. The van der Waals surface area contributed by atoms with Gasteiger partial charge in [0.1, 0.15) is 16.8 Å². The Balaban J connectivity index is 2.25. The fourth-order valence-electron chi connectivity index (χ4n) is 1.63. The van der Waals surface area contributed by atoms with E-state index < -0.39 is 50.6 Å². The minimum atomic E-state index is -1.74. The predicted octanol–water partition coefficient (Wildman–Crippen LogP) is 2.08. The minimum Gasteiger partial charge on any atom is -0.450 e. The van der Waals surface area contributed by atoms with Gasteiger partial charge in [-0.05, 0) is 22.0 Å². The van der Waals surface area contributed by atoms with E-state index >= 15 is 0 Å². The van der Waals surface area contributed by atoms with Crippen molar-refractivity contribution < 1.29 is 27.4 Å². The summed E-state index contributed by atoms with van der Waals surface area (Å²) in [6, 6.07) is 3.40. The van der Waals surface area contributed by atoms with Crippen molar-refractivity contribution in [1.29, 1.82) is 0 Å². The highest BCUT2D eigenvalue weighted by Gasteiger charge is 2.18. The van der Waals surface area contributed by atoms with Crippen LogP contribution in [0.5, 0.6) is 11.5 Å². The monoisotopic (exact) mass is 357 g/mol. The number of benzene rings is 1. The van der Waals surface area contributed by atoms with Crippen LogP contribution in [0.3, 0.4) is 0 Å². The number of rotatable bonds is 5. The van der Waals surface area contributed by atoms with Gasteiger partial charge in [0, 0.05) is 18.4 Å². The minimum absolute atomic E-state index is 0.0641. The highest BCUT2D eigenvalue weighted by molar-refractivity contribution is 7.82. The van der Waals surface area contributed by atoms with Crippen molar-refractivity contribution in [3.05, 3.63) is 57.8 Å². The van der Waals surface area contributed by atoms with Gasteiger partial charge < -0.3 is 14.9 Å². The third-order valence-corrected chi connectivity index (χ3v) is 3.11. The normalized spacial score (nSPS) is 11.6. The van der Waals surface area contributed by atoms with Crippen LogP contribution in [0.2, 0.25) is 0 Å². The van der Waals surface area contributed by atoms with Crippen LogP contribution in [0.15, 0.2) is 30.5 Å². The van der Waals surface area contributed by atoms with E-state index in [-0.39, 0.29) is 5.75 Å². The van der Waals surface area contributed by atoms with Gasteiger partial charge in [-0.25, -0.2) is 13.0 Å². The van der Waals surface area contributed by atoms with Crippen LogP contribution >= 0.6 is 0 Å². The number of pyridine rings is 1. The second-order valence-electron chi connectivity index (χ2n) is 4.36. The number of aromatic nitrogens is 1. The molecule has 1 unspecified atom stereocenters. The first kappa shape index (κ1) is 17.4. The molecule has 1 amide bonds. The molecule has 24 heavy (non-hydrogen) atoms. The Labute approximate surface area is 136 Å². The maximum Gasteiger partial charge on any atom is 0.363 e. The average molecular weight is 357 g/mol. The zero-order chi connectivity index (χ0) is 17.9. The smallest absolute Gasteiger partial charge is 0.363 e. The van der Waals surface area contributed by atoms with Crippen LogP contribution in [0.4, 0.5) is 14.6 Å². The van der Waals surface area contributed by atoms with Gasteiger partial charge >= 0.3 is 5.82 Å². The number of nitrogens with one attached hydrogen (secondary N) is 1. The summed E-state index contributed by atoms with van der Waals surface area (Å²) in [5.41, 5.74) is -0.642. The fourth-order valence-corrected chi connectivity index (χ4v) is 2.01. The largest absolute Gasteiger partial charge is 0.450 e. The van der Waals surface area contributed by atoms with Crippen molar-refractivity contribution in [2.75, 3.05) is 6.26 Å². The summed E-state index contributed by atoms with van der Waals surface area (Å²) in [6.45, 7) is 0. The fraction of sp³-hybridized carbons (Fsp3) is 0.0769. The van der Waals surface area contributed by atoms with Crippen molar-refractivity contribution in [2.45, 2.75) is 0 Å². The van der Waals surface area contributed by atoms with Crippen LogP contribution in [0, 0.1) is 21.7 Å². The van der Waals surface area contributed by atoms with Gasteiger partial charge in [0.2, 0.25) is 0 Å². The number of ether oxygens (including phenoxy) is 1. The van der Waals surface area contributed by atoms with Gasteiger partial charge in [-0.1, -0.05) is 0 Å². The first-order valence-corrected chi connectivity index (χ1v) is 7.75. The third kappa shape index (κ3) is 4.07. The quantitative estimate of drug-likeness (QED) is 0.648. The molecule has 0 saturated carbocycles. The summed E-state index contributed by atoms with van der Waals surface area (Å²) >= 11 is 0. The molecule has 0 saturated heterocycles. The number of carbonyl (C=O) groups excluding carboxylic acids is 1. The lowest BCUT2D eigenvalue weighted by Crippen LogP contribution is -2.25. The Kier molecular flexibility index (Phi) is 5.14. The van der Waals surface area contributed by atoms with Crippen LogP contribution < -0.4 is 9.46 Å². The molecule has 2 aromatic rings. The highest BCUT2D eigenvalue weighted by atomic mass is 32.2. The van der Waals surface area contributed by atoms with Crippen molar-refractivity contribution >= 4 is 22.7 Å². The van der Waals surface area contributed by atoms with Gasteiger partial charge in [0.05, 0.1) is 5.56 Å². The van der Waals surface area contributed by atoms with E-state index in [0.717, 1.165) is 24.6 Å².